The van der Waals surface area contributed by atoms with Crippen molar-refractivity contribution >= 4 is 27.5 Å². The van der Waals surface area contributed by atoms with E-state index in [1.807, 2.05) is 31.3 Å². The van der Waals surface area contributed by atoms with Crippen molar-refractivity contribution < 1.29 is 4.42 Å². The van der Waals surface area contributed by atoms with Gasteiger partial charge in [-0.3, -0.25) is 0 Å². The molecular weight excluding hydrogens is 302 g/mol. The molecule has 0 saturated carbocycles. The van der Waals surface area contributed by atoms with Crippen LogP contribution in [0.4, 0.5) is 0 Å². The first kappa shape index (κ1) is 12.7. The van der Waals surface area contributed by atoms with Gasteiger partial charge in [-0.15, -0.1) is 0 Å². The minimum absolute atomic E-state index is 0.178. The van der Waals surface area contributed by atoms with Gasteiger partial charge in [-0.05, 0) is 52.7 Å². The summed E-state index contributed by atoms with van der Waals surface area (Å²) < 4.78 is 6.00. The summed E-state index contributed by atoms with van der Waals surface area (Å²) in [5.41, 5.74) is 2.24. The van der Waals surface area contributed by atoms with E-state index in [0.29, 0.717) is 0 Å². The molecule has 1 aromatic carbocycles. The summed E-state index contributed by atoms with van der Waals surface area (Å²) >= 11 is 9.74. The highest BCUT2D eigenvalue weighted by Gasteiger charge is 2.15. The largest absolute Gasteiger partial charge is 0.472 e. The molecule has 90 valence electrons. The molecule has 0 saturated heterocycles. The molecule has 1 atom stereocenters. The van der Waals surface area contributed by atoms with E-state index in [1.165, 1.54) is 0 Å². The van der Waals surface area contributed by atoms with Gasteiger partial charge in [0.25, 0.3) is 0 Å². The summed E-state index contributed by atoms with van der Waals surface area (Å²) in [5, 5.41) is 4.04. The van der Waals surface area contributed by atoms with E-state index in [0.717, 1.165) is 27.0 Å². The van der Waals surface area contributed by atoms with Crippen molar-refractivity contribution in [1.82, 2.24) is 5.32 Å². The predicted octanol–water partition coefficient (Wildman–Crippen LogP) is 4.20. The van der Waals surface area contributed by atoms with Crippen LogP contribution in [-0.4, -0.2) is 7.05 Å². The molecule has 0 spiro atoms. The molecule has 0 amide bonds. The van der Waals surface area contributed by atoms with Gasteiger partial charge in [-0.2, -0.15) is 0 Å². The molecule has 0 fully saturated rings. The zero-order chi connectivity index (χ0) is 12.3. The molecule has 0 bridgehead atoms. The van der Waals surface area contributed by atoms with E-state index >= 15 is 0 Å². The van der Waals surface area contributed by atoms with E-state index in [9.17, 15) is 0 Å². The molecule has 4 heteroatoms. The van der Waals surface area contributed by atoms with Crippen LogP contribution in [0.5, 0.6) is 0 Å². The number of furan rings is 1. The molecule has 1 aromatic heterocycles. The molecule has 1 heterocycles. The van der Waals surface area contributed by atoms with Crippen molar-refractivity contribution in [2.75, 3.05) is 7.05 Å². The minimum atomic E-state index is 0.178. The molecule has 17 heavy (non-hydrogen) atoms. The molecular formula is C13H13BrClNO. The fourth-order valence-electron chi connectivity index (χ4n) is 1.80. The number of rotatable bonds is 4. The van der Waals surface area contributed by atoms with Crippen molar-refractivity contribution in [2.45, 2.75) is 12.5 Å². The third-order valence-corrected chi connectivity index (χ3v) is 4.04. The molecule has 2 rings (SSSR count). The van der Waals surface area contributed by atoms with Crippen LogP contribution in [0, 0.1) is 0 Å². The first-order chi connectivity index (χ1) is 8.22. The smallest absolute Gasteiger partial charge is 0.0935 e. The Morgan fingerprint density at radius 1 is 1.41 bits per heavy atom. The number of halogens is 2. The summed E-state index contributed by atoms with van der Waals surface area (Å²) in [4.78, 5) is 0. The summed E-state index contributed by atoms with van der Waals surface area (Å²) in [7, 11) is 1.93. The maximum Gasteiger partial charge on any atom is 0.0935 e. The van der Waals surface area contributed by atoms with Crippen molar-refractivity contribution in [3.8, 4) is 0 Å². The Hall–Kier alpha value is -0.770. The fourth-order valence-corrected chi connectivity index (χ4v) is 2.44. The maximum absolute atomic E-state index is 6.30. The average molecular weight is 315 g/mol. The number of benzene rings is 1. The highest BCUT2D eigenvalue weighted by Crippen LogP contribution is 2.31. The van der Waals surface area contributed by atoms with Gasteiger partial charge in [0.15, 0.2) is 0 Å². The number of likely N-dealkylation sites (N-methyl/N-ethyl adjacent to an activating group) is 1. The minimum Gasteiger partial charge on any atom is -0.472 e. The standard InChI is InChI=1S/C13H13BrClNO/c1-16-12(7-9-5-6-17-8-9)10-3-2-4-11(14)13(10)15/h2-6,8,12,16H,7H2,1H3. The monoisotopic (exact) mass is 313 g/mol. The number of hydrogen-bond donors (Lipinski definition) is 1. The maximum atomic E-state index is 6.30. The second-order valence-corrected chi connectivity index (χ2v) is 5.05. The van der Waals surface area contributed by atoms with Gasteiger partial charge in [-0.25, -0.2) is 0 Å². The lowest BCUT2D eigenvalue weighted by Crippen LogP contribution is -2.19. The lowest BCUT2D eigenvalue weighted by molar-refractivity contribution is 0.551. The van der Waals surface area contributed by atoms with E-state index in [1.54, 1.807) is 12.5 Å². The van der Waals surface area contributed by atoms with Crippen molar-refractivity contribution in [3.63, 3.8) is 0 Å². The van der Waals surface area contributed by atoms with Crippen molar-refractivity contribution in [3.05, 3.63) is 57.4 Å². The van der Waals surface area contributed by atoms with Crippen LogP contribution in [0.15, 0.2) is 45.7 Å². The zero-order valence-corrected chi connectivity index (χ0v) is 11.8. The van der Waals surface area contributed by atoms with Crippen LogP contribution in [0.25, 0.3) is 0 Å². The molecule has 0 radical (unpaired) electrons. The summed E-state index contributed by atoms with van der Waals surface area (Å²) in [6.45, 7) is 0. The number of hydrogen-bond acceptors (Lipinski definition) is 2. The van der Waals surface area contributed by atoms with Crippen LogP contribution in [0.3, 0.4) is 0 Å². The third-order valence-electron chi connectivity index (χ3n) is 2.73. The summed E-state index contributed by atoms with van der Waals surface area (Å²) in [6, 6.07) is 8.11. The first-order valence-corrected chi connectivity index (χ1v) is 6.51. The molecule has 1 N–H and O–H groups in total. The van der Waals surface area contributed by atoms with E-state index < -0.39 is 0 Å². The highest BCUT2D eigenvalue weighted by molar-refractivity contribution is 9.10. The Morgan fingerprint density at radius 3 is 2.88 bits per heavy atom. The molecule has 2 nitrogen and oxygen atoms in total. The van der Waals surface area contributed by atoms with Gasteiger partial charge in [-0.1, -0.05) is 23.7 Å². The molecule has 0 aliphatic heterocycles. The van der Waals surface area contributed by atoms with Gasteiger partial charge >= 0.3 is 0 Å². The Kier molecular flexibility index (Phi) is 4.26. The van der Waals surface area contributed by atoms with Gasteiger partial charge in [0.05, 0.1) is 17.5 Å². The van der Waals surface area contributed by atoms with Crippen LogP contribution in [0.1, 0.15) is 17.2 Å². The summed E-state index contributed by atoms with van der Waals surface area (Å²) in [5.74, 6) is 0. The third kappa shape index (κ3) is 2.92. The first-order valence-electron chi connectivity index (χ1n) is 5.34. The zero-order valence-electron chi connectivity index (χ0n) is 9.41. The Balaban J connectivity index is 2.26. The normalized spacial score (nSPS) is 12.6. The molecule has 0 aliphatic rings. The lowest BCUT2D eigenvalue weighted by atomic mass is 10.0. The van der Waals surface area contributed by atoms with Crippen LogP contribution in [0.2, 0.25) is 5.02 Å². The average Bonchev–Trinajstić information content (AvgIpc) is 2.83. The van der Waals surface area contributed by atoms with Gasteiger partial charge in [0, 0.05) is 10.5 Å². The van der Waals surface area contributed by atoms with Gasteiger partial charge in [0.1, 0.15) is 0 Å². The predicted molar refractivity (Wildman–Crippen MR) is 73.4 cm³/mol. The topological polar surface area (TPSA) is 25.2 Å². The lowest BCUT2D eigenvalue weighted by Gasteiger charge is -2.17. The number of nitrogens with one attached hydrogen (secondary N) is 1. The summed E-state index contributed by atoms with van der Waals surface area (Å²) in [6.07, 6.45) is 4.30. The second-order valence-electron chi connectivity index (χ2n) is 3.82. The van der Waals surface area contributed by atoms with Crippen molar-refractivity contribution in [2.24, 2.45) is 0 Å². The van der Waals surface area contributed by atoms with E-state index in [-0.39, 0.29) is 6.04 Å². The van der Waals surface area contributed by atoms with Gasteiger partial charge < -0.3 is 9.73 Å². The highest BCUT2D eigenvalue weighted by atomic mass is 79.9. The Labute approximate surface area is 114 Å². The second kappa shape index (κ2) is 5.71. The van der Waals surface area contributed by atoms with Crippen LogP contribution in [-0.2, 0) is 6.42 Å². The van der Waals surface area contributed by atoms with Crippen molar-refractivity contribution in [1.29, 1.82) is 0 Å². The molecule has 1 unspecified atom stereocenters. The fraction of sp³-hybridized carbons (Fsp3) is 0.231. The van der Waals surface area contributed by atoms with Crippen LogP contribution < -0.4 is 5.32 Å². The molecule has 2 aromatic rings. The Bertz CT molecular complexity index is 484. The van der Waals surface area contributed by atoms with Crippen LogP contribution >= 0.6 is 27.5 Å². The van der Waals surface area contributed by atoms with Gasteiger partial charge in [0.2, 0.25) is 0 Å². The van der Waals surface area contributed by atoms with E-state index in [2.05, 4.69) is 21.2 Å². The SMILES string of the molecule is CNC(Cc1ccoc1)c1cccc(Br)c1Cl. The molecule has 0 aliphatic carbocycles. The quantitative estimate of drug-likeness (QED) is 0.915. The Morgan fingerprint density at radius 2 is 2.24 bits per heavy atom. The van der Waals surface area contributed by atoms with E-state index in [4.69, 9.17) is 16.0 Å².